The van der Waals surface area contributed by atoms with Gasteiger partial charge in [-0.3, -0.25) is 0 Å². The van der Waals surface area contributed by atoms with Crippen LogP contribution in [0.5, 0.6) is 0 Å². The minimum atomic E-state index is 0.373. The van der Waals surface area contributed by atoms with Crippen LogP contribution in [0.4, 0.5) is 0 Å². The van der Waals surface area contributed by atoms with E-state index < -0.39 is 0 Å². The van der Waals surface area contributed by atoms with Crippen molar-refractivity contribution in [1.29, 1.82) is 0 Å². The van der Waals surface area contributed by atoms with Crippen LogP contribution in [0.25, 0.3) is 5.69 Å². The highest BCUT2D eigenvalue weighted by Gasteiger charge is 2.18. The summed E-state index contributed by atoms with van der Waals surface area (Å²) >= 11 is 0. The molecule has 19 heavy (non-hydrogen) atoms. The van der Waals surface area contributed by atoms with Gasteiger partial charge in [-0.25, -0.2) is 4.68 Å². The summed E-state index contributed by atoms with van der Waals surface area (Å²) < 4.78 is 1.94. The van der Waals surface area contributed by atoms with E-state index >= 15 is 0 Å². The number of rotatable bonds is 5. The summed E-state index contributed by atoms with van der Waals surface area (Å²) in [5.41, 5.74) is 2.36. The molecule has 1 aromatic carbocycles. The number of nitrogens with zero attached hydrogens (tertiary/aromatic N) is 2. The van der Waals surface area contributed by atoms with E-state index in [9.17, 15) is 0 Å². The molecule has 1 unspecified atom stereocenters. The smallest absolute Gasteiger partial charge is 0.0645 e. The van der Waals surface area contributed by atoms with E-state index in [4.69, 9.17) is 0 Å². The average molecular weight is 255 g/mol. The Morgan fingerprint density at radius 1 is 1.32 bits per heavy atom. The van der Waals surface area contributed by atoms with E-state index in [2.05, 4.69) is 35.7 Å². The predicted octanol–water partition coefficient (Wildman–Crippen LogP) is 3.32. The van der Waals surface area contributed by atoms with Crippen molar-refractivity contribution < 1.29 is 0 Å². The highest BCUT2D eigenvalue weighted by Crippen LogP contribution is 2.26. The van der Waals surface area contributed by atoms with E-state index in [0.717, 1.165) is 18.2 Å². The fourth-order valence-corrected chi connectivity index (χ4v) is 2.44. The van der Waals surface area contributed by atoms with Gasteiger partial charge in [-0.1, -0.05) is 24.6 Å². The zero-order chi connectivity index (χ0) is 13.1. The summed E-state index contributed by atoms with van der Waals surface area (Å²) in [6, 6.07) is 10.6. The van der Waals surface area contributed by atoms with Gasteiger partial charge in [0.2, 0.25) is 0 Å². The molecule has 1 aliphatic rings. The van der Waals surface area contributed by atoms with Crippen molar-refractivity contribution >= 4 is 0 Å². The Hall–Kier alpha value is -1.61. The average Bonchev–Trinajstić information content (AvgIpc) is 2.87. The first kappa shape index (κ1) is 12.4. The maximum absolute atomic E-state index is 4.45. The SMILES string of the molecule is CC(NCC1CCC1)c1cnn(-c2ccccc2)c1. The number of hydrogen-bond donors (Lipinski definition) is 1. The van der Waals surface area contributed by atoms with Crippen molar-refractivity contribution in [3.05, 3.63) is 48.3 Å². The summed E-state index contributed by atoms with van der Waals surface area (Å²) in [6.45, 7) is 3.35. The standard InChI is InChI=1S/C16H21N3/c1-13(17-10-14-6-5-7-14)15-11-18-19(12-15)16-8-3-2-4-9-16/h2-4,8-9,11-14,17H,5-7,10H2,1H3. The van der Waals surface area contributed by atoms with Gasteiger partial charge in [0.15, 0.2) is 0 Å². The summed E-state index contributed by atoms with van der Waals surface area (Å²) in [5.74, 6) is 0.895. The lowest BCUT2D eigenvalue weighted by atomic mass is 9.85. The fourth-order valence-electron chi connectivity index (χ4n) is 2.44. The number of benzene rings is 1. The maximum Gasteiger partial charge on any atom is 0.0645 e. The molecule has 3 rings (SSSR count). The van der Waals surface area contributed by atoms with Gasteiger partial charge in [0.25, 0.3) is 0 Å². The molecule has 1 atom stereocenters. The Bertz CT molecular complexity index is 514. The van der Waals surface area contributed by atoms with E-state index in [1.54, 1.807) is 0 Å². The van der Waals surface area contributed by atoms with E-state index in [1.165, 1.54) is 24.8 Å². The lowest BCUT2D eigenvalue weighted by Gasteiger charge is -2.27. The highest BCUT2D eigenvalue weighted by molar-refractivity contribution is 5.31. The molecule has 0 saturated heterocycles. The Morgan fingerprint density at radius 3 is 2.79 bits per heavy atom. The van der Waals surface area contributed by atoms with Gasteiger partial charge in [-0.05, 0) is 44.4 Å². The normalized spacial score (nSPS) is 17.1. The van der Waals surface area contributed by atoms with E-state index in [1.807, 2.05) is 29.1 Å². The van der Waals surface area contributed by atoms with Crippen LogP contribution >= 0.6 is 0 Å². The first-order valence-electron chi connectivity index (χ1n) is 7.16. The minimum Gasteiger partial charge on any atom is -0.310 e. The second kappa shape index (κ2) is 5.57. The summed E-state index contributed by atoms with van der Waals surface area (Å²) in [6.07, 6.45) is 8.28. The molecule has 1 heterocycles. The van der Waals surface area contributed by atoms with Gasteiger partial charge in [-0.15, -0.1) is 0 Å². The van der Waals surface area contributed by atoms with Gasteiger partial charge in [0.1, 0.15) is 0 Å². The molecule has 1 aromatic heterocycles. The molecule has 1 N–H and O–H groups in total. The third-order valence-corrected chi connectivity index (χ3v) is 4.06. The molecule has 100 valence electrons. The third-order valence-electron chi connectivity index (χ3n) is 4.06. The van der Waals surface area contributed by atoms with Gasteiger partial charge < -0.3 is 5.32 Å². The number of nitrogens with one attached hydrogen (secondary N) is 1. The number of hydrogen-bond acceptors (Lipinski definition) is 2. The van der Waals surface area contributed by atoms with Gasteiger partial charge in [0, 0.05) is 17.8 Å². The Kier molecular flexibility index (Phi) is 3.65. The Balaban J connectivity index is 1.63. The topological polar surface area (TPSA) is 29.9 Å². The zero-order valence-corrected chi connectivity index (χ0v) is 11.4. The molecule has 0 amide bonds. The zero-order valence-electron chi connectivity index (χ0n) is 11.4. The highest BCUT2D eigenvalue weighted by atomic mass is 15.3. The molecule has 0 bridgehead atoms. The molecule has 1 aliphatic carbocycles. The lowest BCUT2D eigenvalue weighted by Crippen LogP contribution is -2.29. The Morgan fingerprint density at radius 2 is 2.11 bits per heavy atom. The van der Waals surface area contributed by atoms with Gasteiger partial charge >= 0.3 is 0 Å². The van der Waals surface area contributed by atoms with Crippen molar-refractivity contribution in [2.75, 3.05) is 6.54 Å². The predicted molar refractivity (Wildman–Crippen MR) is 77.3 cm³/mol. The molecular formula is C16H21N3. The second-order valence-electron chi connectivity index (χ2n) is 5.48. The van der Waals surface area contributed by atoms with Crippen LogP contribution in [0, 0.1) is 5.92 Å². The van der Waals surface area contributed by atoms with Gasteiger partial charge in [0.05, 0.1) is 11.9 Å². The lowest BCUT2D eigenvalue weighted by molar-refractivity contribution is 0.292. The van der Waals surface area contributed by atoms with Crippen LogP contribution in [-0.2, 0) is 0 Å². The summed E-state index contributed by atoms with van der Waals surface area (Å²) in [5, 5.41) is 8.06. The molecule has 1 saturated carbocycles. The fraction of sp³-hybridized carbons (Fsp3) is 0.438. The van der Waals surface area contributed by atoms with Crippen molar-refractivity contribution in [3.8, 4) is 5.69 Å². The molecule has 3 nitrogen and oxygen atoms in total. The monoisotopic (exact) mass is 255 g/mol. The second-order valence-corrected chi connectivity index (χ2v) is 5.48. The molecule has 0 spiro atoms. The quantitative estimate of drug-likeness (QED) is 0.888. The number of aromatic nitrogens is 2. The van der Waals surface area contributed by atoms with E-state index in [-0.39, 0.29) is 0 Å². The molecule has 0 aliphatic heterocycles. The summed E-state index contributed by atoms with van der Waals surface area (Å²) in [7, 11) is 0. The number of para-hydroxylation sites is 1. The molecule has 1 fully saturated rings. The minimum absolute atomic E-state index is 0.373. The van der Waals surface area contributed by atoms with Gasteiger partial charge in [-0.2, -0.15) is 5.10 Å². The third kappa shape index (κ3) is 2.87. The first-order chi connectivity index (χ1) is 9.33. The van der Waals surface area contributed by atoms with Crippen LogP contribution in [0.1, 0.15) is 37.8 Å². The van der Waals surface area contributed by atoms with Crippen LogP contribution in [0.15, 0.2) is 42.7 Å². The summed E-state index contributed by atoms with van der Waals surface area (Å²) in [4.78, 5) is 0. The van der Waals surface area contributed by atoms with E-state index in [0.29, 0.717) is 6.04 Å². The molecule has 3 heteroatoms. The van der Waals surface area contributed by atoms with Crippen molar-refractivity contribution in [2.24, 2.45) is 5.92 Å². The van der Waals surface area contributed by atoms with Crippen LogP contribution in [0.2, 0.25) is 0 Å². The van der Waals surface area contributed by atoms with Crippen molar-refractivity contribution in [2.45, 2.75) is 32.2 Å². The van der Waals surface area contributed by atoms with Crippen molar-refractivity contribution in [1.82, 2.24) is 15.1 Å². The first-order valence-corrected chi connectivity index (χ1v) is 7.16. The largest absolute Gasteiger partial charge is 0.310 e. The molecule has 2 aromatic rings. The van der Waals surface area contributed by atoms with Crippen molar-refractivity contribution in [3.63, 3.8) is 0 Å². The molecule has 0 radical (unpaired) electrons. The molecular weight excluding hydrogens is 234 g/mol. The van der Waals surface area contributed by atoms with Crippen LogP contribution in [-0.4, -0.2) is 16.3 Å². The van der Waals surface area contributed by atoms with Crippen LogP contribution in [0.3, 0.4) is 0 Å². The van der Waals surface area contributed by atoms with Crippen LogP contribution < -0.4 is 5.32 Å². The Labute approximate surface area is 114 Å². The maximum atomic E-state index is 4.45.